The number of carboxylic acids is 1. The zero-order valence-corrected chi connectivity index (χ0v) is 9.81. The zero-order valence-electron chi connectivity index (χ0n) is 9.81. The van der Waals surface area contributed by atoms with Gasteiger partial charge in [0.1, 0.15) is 6.04 Å². The van der Waals surface area contributed by atoms with Gasteiger partial charge in [0.2, 0.25) is 0 Å². The molecule has 1 aromatic rings. The summed E-state index contributed by atoms with van der Waals surface area (Å²) in [7, 11) is 0. The Morgan fingerprint density at radius 1 is 1.25 bits per heavy atom. The van der Waals surface area contributed by atoms with Crippen molar-refractivity contribution < 1.29 is 9.90 Å². The van der Waals surface area contributed by atoms with Crippen LogP contribution in [0.3, 0.4) is 0 Å². The van der Waals surface area contributed by atoms with E-state index in [0.29, 0.717) is 0 Å². The number of hydrogen-bond donors (Lipinski definition) is 2. The highest BCUT2D eigenvalue weighted by Gasteiger charge is 2.21. The molecule has 1 atom stereocenters. The number of nitrogens with one attached hydrogen (secondary N) is 1. The lowest BCUT2D eigenvalue weighted by Gasteiger charge is -2.21. The Balaban J connectivity index is 2.80. The van der Waals surface area contributed by atoms with Crippen molar-refractivity contribution in [1.82, 2.24) is 5.32 Å². The van der Waals surface area contributed by atoms with Crippen molar-refractivity contribution in [3.05, 3.63) is 35.9 Å². The Hall–Kier alpha value is -1.35. The van der Waals surface area contributed by atoms with Crippen LogP contribution in [0.25, 0.3) is 0 Å². The van der Waals surface area contributed by atoms with Gasteiger partial charge in [0, 0.05) is 6.04 Å². The summed E-state index contributed by atoms with van der Waals surface area (Å²) in [6, 6.07) is 8.94. The van der Waals surface area contributed by atoms with Gasteiger partial charge in [-0.1, -0.05) is 44.2 Å². The molecule has 0 aliphatic carbocycles. The molecule has 88 valence electrons. The predicted molar refractivity (Wildman–Crippen MR) is 64.3 cm³/mol. The fourth-order valence-corrected chi connectivity index (χ4v) is 1.72. The summed E-state index contributed by atoms with van der Waals surface area (Å²) < 4.78 is 0. The minimum atomic E-state index is -0.821. The molecule has 0 aromatic heterocycles. The third-order valence-corrected chi connectivity index (χ3v) is 2.77. The van der Waals surface area contributed by atoms with Gasteiger partial charge in [-0.25, -0.2) is 0 Å². The molecule has 1 aromatic carbocycles. The van der Waals surface area contributed by atoms with Crippen LogP contribution in [0.15, 0.2) is 30.3 Å². The summed E-state index contributed by atoms with van der Waals surface area (Å²) in [5, 5.41) is 12.4. The Morgan fingerprint density at radius 2 is 1.81 bits per heavy atom. The molecule has 0 bridgehead atoms. The summed E-state index contributed by atoms with van der Waals surface area (Å²) in [5.41, 5.74) is 0.807. The predicted octanol–water partition coefficient (Wildman–Crippen LogP) is 2.59. The van der Waals surface area contributed by atoms with Crippen LogP contribution >= 0.6 is 0 Å². The lowest BCUT2D eigenvalue weighted by Crippen LogP contribution is -2.36. The van der Waals surface area contributed by atoms with Crippen LogP contribution in [-0.2, 0) is 4.79 Å². The second-order valence-corrected chi connectivity index (χ2v) is 3.86. The number of carbonyl (C=O) groups is 1. The van der Waals surface area contributed by atoms with Gasteiger partial charge in [-0.3, -0.25) is 10.1 Å². The molecular formula is C13H19NO2. The first-order valence-corrected chi connectivity index (χ1v) is 5.72. The highest BCUT2D eigenvalue weighted by Crippen LogP contribution is 2.15. The van der Waals surface area contributed by atoms with Gasteiger partial charge < -0.3 is 5.11 Å². The highest BCUT2D eigenvalue weighted by atomic mass is 16.4. The molecule has 0 aliphatic heterocycles. The third kappa shape index (κ3) is 3.35. The van der Waals surface area contributed by atoms with Crippen molar-refractivity contribution in [2.45, 2.75) is 38.8 Å². The monoisotopic (exact) mass is 221 g/mol. The van der Waals surface area contributed by atoms with E-state index in [9.17, 15) is 9.90 Å². The molecule has 0 radical (unpaired) electrons. The van der Waals surface area contributed by atoms with Crippen molar-refractivity contribution in [2.24, 2.45) is 0 Å². The van der Waals surface area contributed by atoms with Gasteiger partial charge in [-0.05, 0) is 18.4 Å². The second kappa shape index (κ2) is 6.28. The van der Waals surface area contributed by atoms with Crippen LogP contribution in [0.1, 0.15) is 38.3 Å². The Bertz CT molecular complexity index is 320. The maximum Gasteiger partial charge on any atom is 0.325 e. The molecule has 3 heteroatoms. The molecule has 1 unspecified atom stereocenters. The summed E-state index contributed by atoms with van der Waals surface area (Å²) in [6.07, 6.45) is 1.88. The largest absolute Gasteiger partial charge is 0.480 e. The summed E-state index contributed by atoms with van der Waals surface area (Å²) >= 11 is 0. The van der Waals surface area contributed by atoms with E-state index in [4.69, 9.17) is 0 Å². The SMILES string of the molecule is CCC(CC)NC(C(=O)O)c1ccccc1. The van der Waals surface area contributed by atoms with E-state index in [2.05, 4.69) is 19.2 Å². The Kier molecular flexibility index (Phi) is 4.99. The molecule has 0 spiro atoms. The molecule has 0 amide bonds. The smallest absolute Gasteiger partial charge is 0.325 e. The molecule has 0 saturated heterocycles. The summed E-state index contributed by atoms with van der Waals surface area (Å²) in [6.45, 7) is 4.12. The first-order valence-electron chi connectivity index (χ1n) is 5.72. The van der Waals surface area contributed by atoms with E-state index < -0.39 is 12.0 Å². The standard InChI is InChI=1S/C13H19NO2/c1-3-11(4-2)14-12(13(15)16)10-8-6-5-7-9-10/h5-9,11-12,14H,3-4H2,1-2H3,(H,15,16). The molecule has 2 N–H and O–H groups in total. The molecule has 0 fully saturated rings. The van der Waals surface area contributed by atoms with Crippen LogP contribution in [0, 0.1) is 0 Å². The van der Waals surface area contributed by atoms with Gasteiger partial charge in [-0.2, -0.15) is 0 Å². The van der Waals surface area contributed by atoms with Crippen molar-refractivity contribution in [3.8, 4) is 0 Å². The van der Waals surface area contributed by atoms with Gasteiger partial charge in [-0.15, -0.1) is 0 Å². The van der Waals surface area contributed by atoms with Gasteiger partial charge in [0.05, 0.1) is 0 Å². The molecule has 3 nitrogen and oxygen atoms in total. The normalized spacial score (nSPS) is 12.7. The fraction of sp³-hybridized carbons (Fsp3) is 0.462. The topological polar surface area (TPSA) is 49.3 Å². The fourth-order valence-electron chi connectivity index (χ4n) is 1.72. The lowest BCUT2D eigenvalue weighted by atomic mass is 10.0. The number of hydrogen-bond acceptors (Lipinski definition) is 2. The number of aliphatic carboxylic acids is 1. The van der Waals surface area contributed by atoms with Crippen molar-refractivity contribution in [1.29, 1.82) is 0 Å². The van der Waals surface area contributed by atoms with E-state index in [-0.39, 0.29) is 6.04 Å². The minimum absolute atomic E-state index is 0.251. The van der Waals surface area contributed by atoms with Gasteiger partial charge >= 0.3 is 5.97 Å². The summed E-state index contributed by atoms with van der Waals surface area (Å²) in [4.78, 5) is 11.2. The molecule has 0 aliphatic rings. The maximum atomic E-state index is 11.2. The number of rotatable bonds is 6. The van der Waals surface area contributed by atoms with Crippen LogP contribution in [0.4, 0.5) is 0 Å². The van der Waals surface area contributed by atoms with E-state index in [1.54, 1.807) is 0 Å². The lowest BCUT2D eigenvalue weighted by molar-refractivity contribution is -0.139. The Labute approximate surface area is 96.5 Å². The Morgan fingerprint density at radius 3 is 2.25 bits per heavy atom. The van der Waals surface area contributed by atoms with Crippen LogP contribution in [-0.4, -0.2) is 17.1 Å². The number of benzene rings is 1. The van der Waals surface area contributed by atoms with Crippen LogP contribution < -0.4 is 5.32 Å². The third-order valence-electron chi connectivity index (χ3n) is 2.77. The van der Waals surface area contributed by atoms with Gasteiger partial charge in [0.15, 0.2) is 0 Å². The average molecular weight is 221 g/mol. The van der Waals surface area contributed by atoms with Crippen molar-refractivity contribution in [3.63, 3.8) is 0 Å². The van der Waals surface area contributed by atoms with Crippen LogP contribution in [0.5, 0.6) is 0 Å². The molecular weight excluding hydrogens is 202 g/mol. The average Bonchev–Trinajstić information content (AvgIpc) is 2.31. The van der Waals surface area contributed by atoms with Crippen LogP contribution in [0.2, 0.25) is 0 Å². The zero-order chi connectivity index (χ0) is 12.0. The van der Waals surface area contributed by atoms with E-state index >= 15 is 0 Å². The second-order valence-electron chi connectivity index (χ2n) is 3.86. The van der Waals surface area contributed by atoms with E-state index in [1.807, 2.05) is 30.3 Å². The molecule has 1 rings (SSSR count). The number of carboxylic acid groups (broad SMARTS) is 1. The molecule has 0 saturated carbocycles. The quantitative estimate of drug-likeness (QED) is 0.776. The molecule has 16 heavy (non-hydrogen) atoms. The highest BCUT2D eigenvalue weighted by molar-refractivity contribution is 5.75. The van der Waals surface area contributed by atoms with E-state index in [0.717, 1.165) is 18.4 Å². The first kappa shape index (κ1) is 12.7. The first-order chi connectivity index (χ1) is 7.69. The van der Waals surface area contributed by atoms with Crippen molar-refractivity contribution in [2.75, 3.05) is 0 Å². The van der Waals surface area contributed by atoms with Crippen molar-refractivity contribution >= 4 is 5.97 Å². The molecule has 0 heterocycles. The van der Waals surface area contributed by atoms with Gasteiger partial charge in [0.25, 0.3) is 0 Å². The van der Waals surface area contributed by atoms with E-state index in [1.165, 1.54) is 0 Å². The minimum Gasteiger partial charge on any atom is -0.480 e. The maximum absolute atomic E-state index is 11.2. The summed E-state index contributed by atoms with van der Waals surface area (Å²) in [5.74, 6) is -0.821.